The van der Waals surface area contributed by atoms with Crippen LogP contribution < -0.4 is 0 Å². The lowest BCUT2D eigenvalue weighted by Gasteiger charge is -2.09. The van der Waals surface area contributed by atoms with Gasteiger partial charge in [0, 0.05) is 29.1 Å². The first-order valence-corrected chi connectivity index (χ1v) is 10.1. The SMILES string of the molecule is Cc1ccc(S(=O)(=O)n2cc(CO)c3ncc(-c4c(C)noc4C)cc32)cc1. The highest BCUT2D eigenvalue weighted by Gasteiger charge is 2.23. The van der Waals surface area contributed by atoms with Gasteiger partial charge in [-0.3, -0.25) is 4.98 Å². The van der Waals surface area contributed by atoms with Gasteiger partial charge in [-0.2, -0.15) is 0 Å². The van der Waals surface area contributed by atoms with E-state index >= 15 is 0 Å². The predicted octanol–water partition coefficient (Wildman–Crippen LogP) is 3.35. The highest BCUT2D eigenvalue weighted by molar-refractivity contribution is 7.90. The van der Waals surface area contributed by atoms with Gasteiger partial charge >= 0.3 is 0 Å². The van der Waals surface area contributed by atoms with Crippen molar-refractivity contribution in [3.8, 4) is 11.1 Å². The number of hydrogen-bond donors (Lipinski definition) is 1. The first-order valence-electron chi connectivity index (χ1n) is 8.69. The fourth-order valence-electron chi connectivity index (χ4n) is 3.31. The molecule has 0 radical (unpaired) electrons. The summed E-state index contributed by atoms with van der Waals surface area (Å²) in [5, 5.41) is 13.6. The van der Waals surface area contributed by atoms with E-state index in [-0.39, 0.29) is 11.5 Å². The molecule has 0 saturated heterocycles. The maximum Gasteiger partial charge on any atom is 0.268 e. The maximum absolute atomic E-state index is 13.2. The highest BCUT2D eigenvalue weighted by Crippen LogP contribution is 2.31. The second kappa shape index (κ2) is 6.57. The molecule has 0 unspecified atom stereocenters. The lowest BCUT2D eigenvalue weighted by atomic mass is 10.1. The Hall–Kier alpha value is -2.97. The average Bonchev–Trinajstić information content (AvgIpc) is 3.21. The fourth-order valence-corrected chi connectivity index (χ4v) is 4.68. The maximum atomic E-state index is 13.2. The van der Waals surface area contributed by atoms with Gasteiger partial charge in [0.25, 0.3) is 10.0 Å². The van der Waals surface area contributed by atoms with E-state index in [4.69, 9.17) is 4.52 Å². The normalized spacial score (nSPS) is 12.0. The van der Waals surface area contributed by atoms with E-state index in [1.165, 1.54) is 10.2 Å². The minimum absolute atomic E-state index is 0.169. The fraction of sp³-hybridized carbons (Fsp3) is 0.200. The molecule has 4 rings (SSSR count). The van der Waals surface area contributed by atoms with Crippen LogP contribution in [0.2, 0.25) is 0 Å². The van der Waals surface area contributed by atoms with E-state index in [9.17, 15) is 13.5 Å². The summed E-state index contributed by atoms with van der Waals surface area (Å²) in [6.45, 7) is 5.19. The molecular weight excluding hydrogens is 378 g/mol. The van der Waals surface area contributed by atoms with E-state index in [2.05, 4.69) is 10.1 Å². The second-order valence-corrected chi connectivity index (χ2v) is 8.53. The lowest BCUT2D eigenvalue weighted by Crippen LogP contribution is -2.12. The molecule has 0 aliphatic rings. The third kappa shape index (κ3) is 2.81. The van der Waals surface area contributed by atoms with Crippen LogP contribution in [0.4, 0.5) is 0 Å². The van der Waals surface area contributed by atoms with Crippen molar-refractivity contribution in [1.29, 1.82) is 0 Å². The van der Waals surface area contributed by atoms with Gasteiger partial charge < -0.3 is 9.63 Å². The largest absolute Gasteiger partial charge is 0.392 e. The molecule has 3 heterocycles. The molecule has 4 aromatic rings. The summed E-state index contributed by atoms with van der Waals surface area (Å²) in [7, 11) is -3.85. The van der Waals surface area contributed by atoms with Crippen molar-refractivity contribution in [1.82, 2.24) is 14.1 Å². The van der Waals surface area contributed by atoms with Crippen molar-refractivity contribution in [3.05, 3.63) is 65.3 Å². The number of hydrogen-bond acceptors (Lipinski definition) is 6. The number of aliphatic hydroxyl groups is 1. The number of aliphatic hydroxyl groups excluding tert-OH is 1. The number of benzene rings is 1. The Balaban J connectivity index is 1.98. The van der Waals surface area contributed by atoms with E-state index in [0.717, 1.165) is 11.1 Å². The summed E-state index contributed by atoms with van der Waals surface area (Å²) in [4.78, 5) is 4.59. The Morgan fingerprint density at radius 2 is 1.86 bits per heavy atom. The molecule has 0 aliphatic heterocycles. The van der Waals surface area contributed by atoms with Gasteiger partial charge in [0.15, 0.2) is 0 Å². The van der Waals surface area contributed by atoms with E-state index < -0.39 is 10.0 Å². The van der Waals surface area contributed by atoms with Gasteiger partial charge in [-0.05, 0) is 39.0 Å². The molecule has 0 bridgehead atoms. The monoisotopic (exact) mass is 397 g/mol. The molecule has 7 nitrogen and oxygen atoms in total. The van der Waals surface area contributed by atoms with E-state index in [0.29, 0.717) is 33.6 Å². The number of aromatic nitrogens is 3. The first-order chi connectivity index (χ1) is 13.3. The van der Waals surface area contributed by atoms with Crippen LogP contribution >= 0.6 is 0 Å². The van der Waals surface area contributed by atoms with Crippen LogP contribution in [0.15, 0.2) is 52.1 Å². The minimum atomic E-state index is -3.85. The van der Waals surface area contributed by atoms with E-state index in [1.807, 2.05) is 13.8 Å². The Labute approximate surface area is 162 Å². The molecule has 144 valence electrons. The predicted molar refractivity (Wildman–Crippen MR) is 104 cm³/mol. The van der Waals surface area contributed by atoms with Crippen molar-refractivity contribution < 1.29 is 18.0 Å². The lowest BCUT2D eigenvalue weighted by molar-refractivity contribution is 0.283. The number of aryl methyl sites for hydroxylation is 3. The Morgan fingerprint density at radius 3 is 2.46 bits per heavy atom. The molecule has 0 aliphatic carbocycles. The summed E-state index contributed by atoms with van der Waals surface area (Å²) in [6, 6.07) is 8.37. The van der Waals surface area contributed by atoms with Crippen molar-refractivity contribution in [2.45, 2.75) is 32.3 Å². The summed E-state index contributed by atoms with van der Waals surface area (Å²) in [6.07, 6.45) is 3.06. The smallest absolute Gasteiger partial charge is 0.268 e. The average molecular weight is 397 g/mol. The number of fused-ring (bicyclic) bond motifs is 1. The third-order valence-electron chi connectivity index (χ3n) is 4.75. The molecule has 0 saturated carbocycles. The van der Waals surface area contributed by atoms with Gasteiger partial charge in [0.05, 0.1) is 28.2 Å². The Kier molecular flexibility index (Phi) is 4.32. The van der Waals surface area contributed by atoms with Crippen molar-refractivity contribution >= 4 is 21.1 Å². The van der Waals surface area contributed by atoms with Crippen LogP contribution in [0.25, 0.3) is 22.2 Å². The van der Waals surface area contributed by atoms with Crippen molar-refractivity contribution in [2.75, 3.05) is 0 Å². The summed E-state index contributed by atoms with van der Waals surface area (Å²) >= 11 is 0. The molecule has 1 aromatic carbocycles. The van der Waals surface area contributed by atoms with Crippen LogP contribution in [0.3, 0.4) is 0 Å². The van der Waals surface area contributed by atoms with Gasteiger partial charge in [-0.25, -0.2) is 12.4 Å². The number of nitrogens with zero attached hydrogens (tertiary/aromatic N) is 3. The number of pyridine rings is 1. The topological polar surface area (TPSA) is 98.2 Å². The summed E-state index contributed by atoms with van der Waals surface area (Å²) < 4.78 is 32.9. The van der Waals surface area contributed by atoms with Crippen LogP contribution in [-0.4, -0.2) is 27.6 Å². The molecule has 3 aromatic heterocycles. The van der Waals surface area contributed by atoms with Gasteiger partial charge in [0.1, 0.15) is 5.76 Å². The standard InChI is InChI=1S/C20H19N3O4S/c1-12-4-6-17(7-5-12)28(25,26)23-10-16(11-24)20-18(23)8-15(9-21-20)19-13(2)22-27-14(19)3/h4-10,24H,11H2,1-3H3. The molecule has 1 N–H and O–H groups in total. The minimum Gasteiger partial charge on any atom is -0.392 e. The number of rotatable bonds is 4. The van der Waals surface area contributed by atoms with Crippen LogP contribution in [-0.2, 0) is 16.6 Å². The highest BCUT2D eigenvalue weighted by atomic mass is 32.2. The Morgan fingerprint density at radius 1 is 1.14 bits per heavy atom. The van der Waals surface area contributed by atoms with Gasteiger partial charge in [-0.15, -0.1) is 0 Å². The van der Waals surface area contributed by atoms with Gasteiger partial charge in [-0.1, -0.05) is 22.9 Å². The quantitative estimate of drug-likeness (QED) is 0.567. The first kappa shape index (κ1) is 18.4. The third-order valence-corrected chi connectivity index (χ3v) is 6.44. The van der Waals surface area contributed by atoms with Crippen molar-refractivity contribution in [3.63, 3.8) is 0 Å². The molecule has 8 heteroatoms. The molecule has 0 fully saturated rings. The zero-order valence-electron chi connectivity index (χ0n) is 15.7. The van der Waals surface area contributed by atoms with Crippen LogP contribution in [0.1, 0.15) is 22.6 Å². The molecule has 0 atom stereocenters. The Bertz CT molecular complexity index is 1270. The van der Waals surface area contributed by atoms with Crippen LogP contribution in [0, 0.1) is 20.8 Å². The van der Waals surface area contributed by atoms with Gasteiger partial charge in [0.2, 0.25) is 0 Å². The molecule has 0 spiro atoms. The van der Waals surface area contributed by atoms with Crippen molar-refractivity contribution in [2.24, 2.45) is 0 Å². The van der Waals surface area contributed by atoms with Crippen LogP contribution in [0.5, 0.6) is 0 Å². The zero-order chi connectivity index (χ0) is 20.1. The summed E-state index contributed by atoms with van der Waals surface area (Å²) in [5.74, 6) is 0.625. The second-order valence-electron chi connectivity index (χ2n) is 6.72. The molecular formula is C20H19N3O4S. The summed E-state index contributed by atoms with van der Waals surface area (Å²) in [5.41, 5.74) is 4.41. The zero-order valence-corrected chi connectivity index (χ0v) is 16.5. The van der Waals surface area contributed by atoms with E-state index in [1.54, 1.807) is 43.5 Å². The molecule has 0 amide bonds. The molecule has 28 heavy (non-hydrogen) atoms.